The van der Waals surface area contributed by atoms with Crippen LogP contribution in [0.3, 0.4) is 0 Å². The van der Waals surface area contributed by atoms with E-state index in [0.717, 1.165) is 9.37 Å². The Hall–Kier alpha value is -2.95. The van der Waals surface area contributed by atoms with Gasteiger partial charge < -0.3 is 4.74 Å². The minimum absolute atomic E-state index is 0.0512. The van der Waals surface area contributed by atoms with Crippen LogP contribution in [0.1, 0.15) is 27.1 Å². The number of nitrogens with zero attached hydrogens (tertiary/aromatic N) is 1. The van der Waals surface area contributed by atoms with Gasteiger partial charge in [-0.25, -0.2) is 4.79 Å². The highest BCUT2D eigenvalue weighted by molar-refractivity contribution is 9.10. The molecule has 3 aliphatic rings. The molecule has 12 heteroatoms. The number of carbonyl (C=O) groups is 5. The second-order valence-electron chi connectivity index (χ2n) is 9.15. The molecule has 2 N–H and O–H groups in total. The Labute approximate surface area is 229 Å². The molecular formula is C25H20BrCl2N3O6. The molecule has 5 rings (SSSR count). The number of rotatable bonds is 5. The highest BCUT2D eigenvalue weighted by Gasteiger charge is 2.66. The number of carbonyl (C=O) groups excluding carboxylic acids is 5. The summed E-state index contributed by atoms with van der Waals surface area (Å²) in [7, 11) is 0. The third-order valence-corrected chi connectivity index (χ3v) is 8.93. The molecule has 0 spiro atoms. The van der Waals surface area contributed by atoms with Crippen molar-refractivity contribution in [1.82, 2.24) is 10.9 Å². The van der Waals surface area contributed by atoms with Crippen LogP contribution in [0.15, 0.2) is 53.0 Å². The number of imide groups is 1. The minimum atomic E-state index is -0.836. The van der Waals surface area contributed by atoms with E-state index in [9.17, 15) is 24.0 Å². The van der Waals surface area contributed by atoms with Gasteiger partial charge in [0, 0.05) is 10.0 Å². The molecule has 0 unspecified atom stereocenters. The largest absolute Gasteiger partial charge is 0.452 e. The van der Waals surface area contributed by atoms with Crippen molar-refractivity contribution in [3.05, 3.63) is 64.1 Å². The molecule has 1 saturated heterocycles. The highest BCUT2D eigenvalue weighted by Crippen LogP contribution is 2.59. The number of amides is 4. The van der Waals surface area contributed by atoms with Crippen LogP contribution in [-0.2, 0) is 19.1 Å². The summed E-state index contributed by atoms with van der Waals surface area (Å²) in [5.74, 6) is -4.16. The van der Waals surface area contributed by atoms with Gasteiger partial charge in [0.25, 0.3) is 11.8 Å². The number of hydrogen-bond donors (Lipinski definition) is 2. The van der Waals surface area contributed by atoms with E-state index in [-0.39, 0.29) is 45.7 Å². The Morgan fingerprint density at radius 2 is 1.54 bits per heavy atom. The van der Waals surface area contributed by atoms with Crippen molar-refractivity contribution in [2.24, 2.45) is 23.7 Å². The van der Waals surface area contributed by atoms with E-state index >= 15 is 0 Å². The number of hydrazine groups is 1. The maximum absolute atomic E-state index is 13.2. The number of nitrogens with one attached hydrogen (secondary N) is 2. The predicted octanol–water partition coefficient (Wildman–Crippen LogP) is 3.04. The van der Waals surface area contributed by atoms with Crippen LogP contribution in [0.25, 0.3) is 0 Å². The standard InChI is InChI=1S/C25H20BrCl2N3O6/c26-13-6-4-11(5-7-13)22(33)30-29-17(32)10-37-25(36)12-2-1-3-14(8-12)31-23(34)18-15-9-16(19(18)24(31)35)21(28)20(15)27/h1-8,15-16,18-21H,9-10H2,(H,29,32)(H,30,33)/t15-,16-,18-,19+,20+,21+/m1/s1. The average Bonchev–Trinajstić information content (AvgIpc) is 3.51. The van der Waals surface area contributed by atoms with Gasteiger partial charge in [-0.2, -0.15) is 0 Å². The summed E-state index contributed by atoms with van der Waals surface area (Å²) < 4.78 is 5.83. The third kappa shape index (κ3) is 4.62. The first kappa shape index (κ1) is 25.7. The van der Waals surface area contributed by atoms with Crippen LogP contribution in [0, 0.1) is 23.7 Å². The predicted molar refractivity (Wildman–Crippen MR) is 137 cm³/mol. The number of ether oxygens (including phenoxy) is 1. The van der Waals surface area contributed by atoms with Gasteiger partial charge in [-0.3, -0.25) is 34.9 Å². The lowest BCUT2D eigenvalue weighted by Gasteiger charge is -2.28. The van der Waals surface area contributed by atoms with E-state index in [4.69, 9.17) is 27.9 Å². The van der Waals surface area contributed by atoms with Crippen molar-refractivity contribution in [2.45, 2.75) is 17.2 Å². The molecule has 1 aliphatic heterocycles. The molecule has 4 amide bonds. The molecule has 2 aliphatic carbocycles. The Bertz CT molecular complexity index is 1270. The van der Waals surface area contributed by atoms with Crippen molar-refractivity contribution < 1.29 is 28.7 Å². The second kappa shape index (κ2) is 10.1. The number of hydrogen-bond acceptors (Lipinski definition) is 6. The number of alkyl halides is 2. The van der Waals surface area contributed by atoms with Gasteiger partial charge in [-0.05, 0) is 60.7 Å². The van der Waals surface area contributed by atoms with Crippen LogP contribution in [0.2, 0.25) is 0 Å². The quantitative estimate of drug-likeness (QED) is 0.233. The Morgan fingerprint density at radius 1 is 0.919 bits per heavy atom. The lowest BCUT2D eigenvalue weighted by Crippen LogP contribution is -2.43. The van der Waals surface area contributed by atoms with E-state index < -0.39 is 36.2 Å². The van der Waals surface area contributed by atoms with E-state index in [2.05, 4.69) is 26.8 Å². The molecule has 1 heterocycles. The topological polar surface area (TPSA) is 122 Å². The monoisotopic (exact) mass is 607 g/mol. The van der Waals surface area contributed by atoms with E-state index in [1.54, 1.807) is 30.3 Å². The molecule has 192 valence electrons. The van der Waals surface area contributed by atoms with Crippen LogP contribution in [0.5, 0.6) is 0 Å². The Kier molecular flexibility index (Phi) is 6.99. The lowest BCUT2D eigenvalue weighted by molar-refractivity contribution is -0.125. The van der Waals surface area contributed by atoms with E-state index in [1.165, 1.54) is 18.2 Å². The summed E-state index contributed by atoms with van der Waals surface area (Å²) >= 11 is 16.1. The zero-order chi connectivity index (χ0) is 26.4. The van der Waals surface area contributed by atoms with Crippen molar-refractivity contribution in [1.29, 1.82) is 0 Å². The maximum atomic E-state index is 13.2. The second-order valence-corrected chi connectivity index (χ2v) is 11.1. The van der Waals surface area contributed by atoms with E-state index in [0.29, 0.717) is 12.0 Å². The molecule has 2 saturated carbocycles. The van der Waals surface area contributed by atoms with Crippen LogP contribution < -0.4 is 15.8 Å². The Morgan fingerprint density at radius 3 is 2.16 bits per heavy atom. The van der Waals surface area contributed by atoms with Gasteiger partial charge in [0.05, 0.1) is 33.8 Å². The molecule has 2 aromatic carbocycles. The van der Waals surface area contributed by atoms with E-state index in [1.807, 2.05) is 0 Å². The van der Waals surface area contributed by atoms with Crippen LogP contribution >= 0.6 is 39.1 Å². The molecule has 2 aromatic rings. The first-order valence-electron chi connectivity index (χ1n) is 11.4. The minimum Gasteiger partial charge on any atom is -0.452 e. The van der Waals surface area contributed by atoms with Gasteiger partial charge in [0.15, 0.2) is 6.61 Å². The SMILES string of the molecule is O=C(COC(=O)c1cccc(N2C(=O)[C@@H]3[C@H]4C[C@@H]([C@H](Cl)[C@H]4Cl)[C@@H]3C2=O)c1)NNC(=O)c1ccc(Br)cc1. The maximum Gasteiger partial charge on any atom is 0.338 e. The summed E-state index contributed by atoms with van der Waals surface area (Å²) in [6.07, 6.45) is 0.654. The fraction of sp³-hybridized carbons (Fsp3) is 0.320. The summed E-state index contributed by atoms with van der Waals surface area (Å²) in [6, 6.07) is 12.4. The number of anilines is 1. The van der Waals surface area contributed by atoms with Gasteiger partial charge in [-0.15, -0.1) is 23.2 Å². The first-order valence-corrected chi connectivity index (χ1v) is 13.1. The molecule has 9 nitrogen and oxygen atoms in total. The summed E-state index contributed by atoms with van der Waals surface area (Å²) in [4.78, 5) is 64.1. The number of esters is 1. The third-order valence-electron chi connectivity index (χ3n) is 7.08. The fourth-order valence-electron chi connectivity index (χ4n) is 5.43. The van der Waals surface area contributed by atoms with Gasteiger partial charge >= 0.3 is 5.97 Å². The molecule has 0 radical (unpaired) electrons. The summed E-state index contributed by atoms with van der Waals surface area (Å²) in [6.45, 7) is -0.660. The number of benzene rings is 2. The van der Waals surface area contributed by atoms with Gasteiger partial charge in [0.2, 0.25) is 11.8 Å². The highest BCUT2D eigenvalue weighted by atomic mass is 79.9. The zero-order valence-corrected chi connectivity index (χ0v) is 22.1. The smallest absolute Gasteiger partial charge is 0.338 e. The number of halogens is 3. The average molecular weight is 609 g/mol. The summed E-state index contributed by atoms with van der Waals surface area (Å²) in [5.41, 5.74) is 5.01. The molecule has 3 fully saturated rings. The van der Waals surface area contributed by atoms with Crippen LogP contribution in [0.4, 0.5) is 5.69 Å². The van der Waals surface area contributed by atoms with Crippen molar-refractivity contribution in [2.75, 3.05) is 11.5 Å². The van der Waals surface area contributed by atoms with Crippen molar-refractivity contribution >= 4 is 74.4 Å². The summed E-state index contributed by atoms with van der Waals surface area (Å²) in [5, 5.41) is -0.728. The van der Waals surface area contributed by atoms with Gasteiger partial charge in [0.1, 0.15) is 0 Å². The van der Waals surface area contributed by atoms with Gasteiger partial charge in [-0.1, -0.05) is 22.0 Å². The molecular weight excluding hydrogens is 589 g/mol. The first-order chi connectivity index (χ1) is 17.7. The fourth-order valence-corrected chi connectivity index (χ4v) is 6.58. The van der Waals surface area contributed by atoms with Crippen LogP contribution in [-0.4, -0.2) is 47.0 Å². The number of fused-ring (bicyclic) bond motifs is 5. The molecule has 37 heavy (non-hydrogen) atoms. The molecule has 0 aromatic heterocycles. The lowest BCUT2D eigenvalue weighted by atomic mass is 9.80. The van der Waals surface area contributed by atoms with Crippen molar-refractivity contribution in [3.63, 3.8) is 0 Å². The normalized spacial score (nSPS) is 27.7. The Balaban J connectivity index is 1.19. The zero-order valence-electron chi connectivity index (χ0n) is 19.0. The molecule has 2 bridgehead atoms. The molecule has 6 atom stereocenters. The van der Waals surface area contributed by atoms with Crippen molar-refractivity contribution in [3.8, 4) is 0 Å².